The third kappa shape index (κ3) is 0.902. The zero-order chi connectivity index (χ0) is 7.68. The minimum absolute atomic E-state index is 0.624. The minimum Gasteiger partial charge on any atom is -0.463 e. The molecule has 0 aliphatic heterocycles. The minimum atomic E-state index is 0.624. The molecule has 2 aromatic rings. The molecule has 0 aliphatic rings. The number of pyridine rings is 1. The van der Waals surface area contributed by atoms with Crippen molar-refractivity contribution in [3.63, 3.8) is 0 Å². The summed E-state index contributed by atoms with van der Waals surface area (Å²) in [6.45, 7) is 3.38. The van der Waals surface area contributed by atoms with Crippen molar-refractivity contribution < 1.29 is 4.42 Å². The summed E-state index contributed by atoms with van der Waals surface area (Å²) in [4.78, 5) is 7.67. The van der Waals surface area contributed by atoms with Gasteiger partial charge in [-0.3, -0.25) is 0 Å². The van der Waals surface area contributed by atoms with Gasteiger partial charge in [-0.05, 0) is 18.9 Å². The second-order valence-electron chi connectivity index (χ2n) is 2.16. The third-order valence-electron chi connectivity index (χ3n) is 1.49. The molecular formula is C8H6N2O. The molecule has 0 bridgehead atoms. The van der Waals surface area contributed by atoms with E-state index in [1.165, 1.54) is 0 Å². The molecule has 0 radical (unpaired) electrons. The molecular weight excluding hydrogens is 140 g/mol. The predicted octanol–water partition coefficient (Wildman–Crippen LogP) is 2.16. The zero-order valence-electron chi connectivity index (χ0n) is 5.82. The molecule has 0 unspecified atom stereocenters. The van der Waals surface area contributed by atoms with Crippen LogP contribution in [-0.2, 0) is 0 Å². The summed E-state index contributed by atoms with van der Waals surface area (Å²) in [5.41, 5.74) is 0.775. The molecule has 2 aromatic heterocycles. The number of rotatable bonds is 1. The van der Waals surface area contributed by atoms with Crippen LogP contribution < -0.4 is 0 Å². The molecule has 0 fully saturated rings. The number of hydrogen-bond acceptors (Lipinski definition) is 3. The number of aliphatic imine (C=N–C) groups is 1. The molecule has 0 aromatic carbocycles. The Hall–Kier alpha value is -1.64. The van der Waals surface area contributed by atoms with Crippen LogP contribution in [0.25, 0.3) is 11.0 Å². The molecule has 2 heterocycles. The number of hydrogen-bond donors (Lipinski definition) is 0. The van der Waals surface area contributed by atoms with E-state index in [4.69, 9.17) is 4.42 Å². The van der Waals surface area contributed by atoms with Gasteiger partial charge < -0.3 is 4.42 Å². The maximum atomic E-state index is 5.09. The van der Waals surface area contributed by atoms with Crippen LogP contribution in [0.15, 0.2) is 34.0 Å². The number of aromatic nitrogens is 1. The van der Waals surface area contributed by atoms with Gasteiger partial charge in [0, 0.05) is 5.39 Å². The fourth-order valence-corrected chi connectivity index (χ4v) is 0.943. The van der Waals surface area contributed by atoms with E-state index in [1.54, 1.807) is 12.5 Å². The van der Waals surface area contributed by atoms with Gasteiger partial charge in [0.25, 0.3) is 0 Å². The van der Waals surface area contributed by atoms with Gasteiger partial charge in [0.2, 0.25) is 0 Å². The zero-order valence-corrected chi connectivity index (χ0v) is 5.82. The molecule has 3 nitrogen and oxygen atoms in total. The van der Waals surface area contributed by atoms with Crippen molar-refractivity contribution in [3.05, 3.63) is 24.6 Å². The molecule has 3 heteroatoms. The molecule has 0 spiro atoms. The summed E-state index contributed by atoms with van der Waals surface area (Å²) in [6.07, 6.45) is 3.26. The largest absolute Gasteiger partial charge is 0.463 e. The first-order valence-corrected chi connectivity index (χ1v) is 3.20. The van der Waals surface area contributed by atoms with E-state index in [0.717, 1.165) is 11.0 Å². The van der Waals surface area contributed by atoms with E-state index in [2.05, 4.69) is 16.7 Å². The highest BCUT2D eigenvalue weighted by Gasteiger charge is 1.96. The molecule has 0 amide bonds. The van der Waals surface area contributed by atoms with Gasteiger partial charge in [-0.25, -0.2) is 9.98 Å². The number of nitrogens with zero attached hydrogens (tertiary/aromatic N) is 2. The lowest BCUT2D eigenvalue weighted by atomic mass is 10.3. The Morgan fingerprint density at radius 1 is 1.55 bits per heavy atom. The summed E-state index contributed by atoms with van der Waals surface area (Å²) < 4.78 is 5.09. The second kappa shape index (κ2) is 2.20. The standard InChI is InChI=1S/C8H6N2O/c1-9-8-4-6-2-3-11-7(6)5-10-8/h2-5H,1H2. The van der Waals surface area contributed by atoms with E-state index in [9.17, 15) is 0 Å². The van der Waals surface area contributed by atoms with E-state index < -0.39 is 0 Å². The Morgan fingerprint density at radius 2 is 2.45 bits per heavy atom. The first-order chi connectivity index (χ1) is 5.40. The molecule has 54 valence electrons. The SMILES string of the molecule is C=Nc1cc2ccoc2cn1. The molecule has 11 heavy (non-hydrogen) atoms. The third-order valence-corrected chi connectivity index (χ3v) is 1.49. The number of fused-ring (bicyclic) bond motifs is 1. The molecule has 2 rings (SSSR count). The van der Waals surface area contributed by atoms with Crippen molar-refractivity contribution in [1.29, 1.82) is 0 Å². The van der Waals surface area contributed by atoms with Crippen LogP contribution in [0.1, 0.15) is 0 Å². The molecule has 0 N–H and O–H groups in total. The molecule has 0 atom stereocenters. The van der Waals surface area contributed by atoms with Crippen molar-refractivity contribution in [2.45, 2.75) is 0 Å². The summed E-state index contributed by atoms with van der Waals surface area (Å²) >= 11 is 0. The quantitative estimate of drug-likeness (QED) is 0.578. The van der Waals surface area contributed by atoms with Crippen molar-refractivity contribution in [3.8, 4) is 0 Å². The Balaban J connectivity index is 2.76. The van der Waals surface area contributed by atoms with Crippen molar-refractivity contribution >= 4 is 23.5 Å². The monoisotopic (exact) mass is 146 g/mol. The average Bonchev–Trinajstić information content (AvgIpc) is 2.50. The normalized spacial score (nSPS) is 10.2. The Labute approximate surface area is 63.4 Å². The predicted molar refractivity (Wildman–Crippen MR) is 43.2 cm³/mol. The highest BCUT2D eigenvalue weighted by Crippen LogP contribution is 2.18. The van der Waals surface area contributed by atoms with Gasteiger partial charge in [0.05, 0.1) is 12.5 Å². The van der Waals surface area contributed by atoms with E-state index in [0.29, 0.717) is 5.82 Å². The maximum absolute atomic E-state index is 5.09. The van der Waals surface area contributed by atoms with Gasteiger partial charge in [0.15, 0.2) is 11.4 Å². The van der Waals surface area contributed by atoms with Gasteiger partial charge in [-0.15, -0.1) is 0 Å². The van der Waals surface area contributed by atoms with E-state index >= 15 is 0 Å². The van der Waals surface area contributed by atoms with Crippen LogP contribution in [-0.4, -0.2) is 11.7 Å². The van der Waals surface area contributed by atoms with Gasteiger partial charge in [-0.2, -0.15) is 0 Å². The highest BCUT2D eigenvalue weighted by atomic mass is 16.3. The lowest BCUT2D eigenvalue weighted by molar-refractivity contribution is 0.614. The fraction of sp³-hybridized carbons (Fsp3) is 0. The molecule has 0 aliphatic carbocycles. The van der Waals surface area contributed by atoms with Gasteiger partial charge in [0.1, 0.15) is 0 Å². The van der Waals surface area contributed by atoms with E-state index in [-0.39, 0.29) is 0 Å². The van der Waals surface area contributed by atoms with Crippen LogP contribution in [0.5, 0.6) is 0 Å². The lowest BCUT2D eigenvalue weighted by Gasteiger charge is -1.89. The highest BCUT2D eigenvalue weighted by molar-refractivity contribution is 5.78. The van der Waals surface area contributed by atoms with Crippen LogP contribution in [0.2, 0.25) is 0 Å². The summed E-state index contributed by atoms with van der Waals surface area (Å²) in [5, 5.41) is 1.00. The average molecular weight is 146 g/mol. The summed E-state index contributed by atoms with van der Waals surface area (Å²) in [5.74, 6) is 0.624. The molecule has 0 saturated carbocycles. The first-order valence-electron chi connectivity index (χ1n) is 3.20. The number of furan rings is 1. The Kier molecular flexibility index (Phi) is 1.22. The van der Waals surface area contributed by atoms with Crippen LogP contribution >= 0.6 is 0 Å². The van der Waals surface area contributed by atoms with Crippen molar-refractivity contribution in [1.82, 2.24) is 4.98 Å². The topological polar surface area (TPSA) is 38.4 Å². The fourth-order valence-electron chi connectivity index (χ4n) is 0.943. The van der Waals surface area contributed by atoms with Crippen molar-refractivity contribution in [2.24, 2.45) is 4.99 Å². The van der Waals surface area contributed by atoms with Crippen LogP contribution in [0, 0.1) is 0 Å². The smallest absolute Gasteiger partial charge is 0.152 e. The first kappa shape index (κ1) is 6.09. The van der Waals surface area contributed by atoms with Gasteiger partial charge in [-0.1, -0.05) is 0 Å². The summed E-state index contributed by atoms with van der Waals surface area (Å²) in [6, 6.07) is 3.69. The maximum Gasteiger partial charge on any atom is 0.152 e. The summed E-state index contributed by atoms with van der Waals surface area (Å²) in [7, 11) is 0. The van der Waals surface area contributed by atoms with Crippen LogP contribution in [0.4, 0.5) is 5.82 Å². The van der Waals surface area contributed by atoms with Gasteiger partial charge >= 0.3 is 0 Å². The Bertz CT molecular complexity index is 392. The second-order valence-corrected chi connectivity index (χ2v) is 2.16. The Morgan fingerprint density at radius 3 is 3.27 bits per heavy atom. The molecule has 0 saturated heterocycles. The van der Waals surface area contributed by atoms with Crippen LogP contribution in [0.3, 0.4) is 0 Å². The van der Waals surface area contributed by atoms with Crippen molar-refractivity contribution in [2.75, 3.05) is 0 Å². The van der Waals surface area contributed by atoms with E-state index in [1.807, 2.05) is 12.1 Å². The lowest BCUT2D eigenvalue weighted by Crippen LogP contribution is -1.70.